The average Bonchev–Trinajstić information content (AvgIpc) is 2.40. The first-order valence-corrected chi connectivity index (χ1v) is 7.28. The molecular formula is C14H14Cl3N3. The summed E-state index contributed by atoms with van der Waals surface area (Å²) in [6, 6.07) is 7.28. The third kappa shape index (κ3) is 3.29. The van der Waals surface area contributed by atoms with Gasteiger partial charge in [0.1, 0.15) is 5.82 Å². The summed E-state index contributed by atoms with van der Waals surface area (Å²) in [4.78, 5) is 4.40. The second-order valence-electron chi connectivity index (χ2n) is 4.22. The van der Waals surface area contributed by atoms with Crippen LogP contribution in [0.25, 0.3) is 0 Å². The molecule has 0 aliphatic rings. The lowest BCUT2D eigenvalue weighted by molar-refractivity contribution is 1.16. The van der Waals surface area contributed by atoms with E-state index in [1.54, 1.807) is 6.07 Å². The van der Waals surface area contributed by atoms with E-state index in [0.29, 0.717) is 26.7 Å². The minimum Gasteiger partial charge on any atom is -0.369 e. The van der Waals surface area contributed by atoms with Crippen LogP contribution in [-0.4, -0.2) is 11.5 Å². The Hall–Kier alpha value is -1.16. The Balaban J connectivity index is 2.38. The van der Waals surface area contributed by atoms with Crippen LogP contribution in [0.1, 0.15) is 12.5 Å². The van der Waals surface area contributed by atoms with Crippen LogP contribution < -0.4 is 10.6 Å². The minimum atomic E-state index is 0.455. The Morgan fingerprint density at radius 3 is 2.45 bits per heavy atom. The van der Waals surface area contributed by atoms with E-state index in [-0.39, 0.29) is 0 Å². The smallest absolute Gasteiger partial charge is 0.151 e. The fraction of sp³-hybridized carbons (Fsp3) is 0.214. The number of rotatable bonds is 4. The molecule has 0 radical (unpaired) electrons. The molecule has 0 saturated carbocycles. The van der Waals surface area contributed by atoms with Gasteiger partial charge in [-0.2, -0.15) is 0 Å². The van der Waals surface area contributed by atoms with Gasteiger partial charge in [-0.15, -0.1) is 0 Å². The number of benzene rings is 1. The number of hydrogen-bond donors (Lipinski definition) is 2. The highest BCUT2D eigenvalue weighted by molar-refractivity contribution is 6.37. The topological polar surface area (TPSA) is 37.0 Å². The summed E-state index contributed by atoms with van der Waals surface area (Å²) in [5, 5.41) is 7.90. The van der Waals surface area contributed by atoms with Crippen LogP contribution in [0.4, 0.5) is 17.3 Å². The summed E-state index contributed by atoms with van der Waals surface area (Å²) in [7, 11) is 0. The first-order valence-electron chi connectivity index (χ1n) is 6.15. The molecule has 106 valence electrons. The monoisotopic (exact) mass is 329 g/mol. The van der Waals surface area contributed by atoms with Crippen molar-refractivity contribution < 1.29 is 0 Å². The number of nitrogens with zero attached hydrogens (tertiary/aromatic N) is 1. The zero-order chi connectivity index (χ0) is 14.7. The predicted molar refractivity (Wildman–Crippen MR) is 87.9 cm³/mol. The van der Waals surface area contributed by atoms with Crippen molar-refractivity contribution in [3.8, 4) is 0 Å². The summed E-state index contributed by atoms with van der Waals surface area (Å²) in [6.07, 6.45) is 0. The number of hydrogen-bond acceptors (Lipinski definition) is 3. The van der Waals surface area contributed by atoms with E-state index in [4.69, 9.17) is 34.8 Å². The van der Waals surface area contributed by atoms with E-state index in [1.165, 1.54) is 0 Å². The average molecular weight is 331 g/mol. The molecule has 1 aromatic carbocycles. The molecule has 0 unspecified atom stereocenters. The highest BCUT2D eigenvalue weighted by Crippen LogP contribution is 2.32. The molecule has 0 amide bonds. The van der Waals surface area contributed by atoms with E-state index in [1.807, 2.05) is 32.0 Å². The highest BCUT2D eigenvalue weighted by Gasteiger charge is 2.10. The highest BCUT2D eigenvalue weighted by atomic mass is 35.5. The van der Waals surface area contributed by atoms with Crippen molar-refractivity contribution in [3.63, 3.8) is 0 Å². The molecular weight excluding hydrogens is 317 g/mol. The molecule has 6 heteroatoms. The maximum atomic E-state index is 6.17. The van der Waals surface area contributed by atoms with Gasteiger partial charge in [0.05, 0.1) is 10.0 Å². The molecule has 0 atom stereocenters. The maximum absolute atomic E-state index is 6.17. The van der Waals surface area contributed by atoms with Crippen LogP contribution in [-0.2, 0) is 0 Å². The van der Waals surface area contributed by atoms with E-state index in [2.05, 4.69) is 15.6 Å². The molecule has 0 aliphatic heterocycles. The molecule has 20 heavy (non-hydrogen) atoms. The van der Waals surface area contributed by atoms with Crippen LogP contribution in [0.2, 0.25) is 15.1 Å². The van der Waals surface area contributed by atoms with E-state index >= 15 is 0 Å². The van der Waals surface area contributed by atoms with Crippen molar-refractivity contribution in [2.45, 2.75) is 13.8 Å². The standard InChI is InChI=1S/C14H14Cl3N3/c1-3-18-13-10(16)7-11(17)14(20-13)19-12-6-4-5-9(15)8(12)2/h4-7H,3H2,1-2H3,(H2,18,19,20). The van der Waals surface area contributed by atoms with Crippen LogP contribution in [0, 0.1) is 6.92 Å². The van der Waals surface area contributed by atoms with Crippen molar-refractivity contribution in [2.75, 3.05) is 17.2 Å². The molecule has 0 saturated heterocycles. The van der Waals surface area contributed by atoms with Crippen LogP contribution in [0.3, 0.4) is 0 Å². The molecule has 0 spiro atoms. The van der Waals surface area contributed by atoms with Gasteiger partial charge in [-0.25, -0.2) is 4.98 Å². The van der Waals surface area contributed by atoms with Crippen molar-refractivity contribution in [3.05, 3.63) is 44.9 Å². The third-order valence-electron chi connectivity index (χ3n) is 2.79. The number of halogens is 3. The van der Waals surface area contributed by atoms with Gasteiger partial charge in [0.15, 0.2) is 5.82 Å². The van der Waals surface area contributed by atoms with Crippen LogP contribution in [0.5, 0.6) is 0 Å². The van der Waals surface area contributed by atoms with E-state index in [9.17, 15) is 0 Å². The Labute approximate surface area is 133 Å². The maximum Gasteiger partial charge on any atom is 0.151 e. The van der Waals surface area contributed by atoms with Crippen LogP contribution in [0.15, 0.2) is 24.3 Å². The zero-order valence-corrected chi connectivity index (χ0v) is 13.4. The number of pyridine rings is 1. The number of nitrogens with one attached hydrogen (secondary N) is 2. The molecule has 2 rings (SSSR count). The first-order chi connectivity index (χ1) is 9.52. The van der Waals surface area contributed by atoms with Gasteiger partial charge in [-0.1, -0.05) is 40.9 Å². The summed E-state index contributed by atoms with van der Waals surface area (Å²) in [6.45, 7) is 4.63. The summed E-state index contributed by atoms with van der Waals surface area (Å²) in [5.41, 5.74) is 1.80. The predicted octanol–water partition coefficient (Wildman–Crippen LogP) is 5.53. The quantitative estimate of drug-likeness (QED) is 0.774. The Kier molecular flexibility index (Phi) is 4.97. The fourth-order valence-corrected chi connectivity index (χ4v) is 2.36. The Bertz CT molecular complexity index is 629. The molecule has 2 aromatic rings. The van der Waals surface area contributed by atoms with Crippen molar-refractivity contribution in [1.82, 2.24) is 4.98 Å². The normalized spacial score (nSPS) is 10.4. The molecule has 2 N–H and O–H groups in total. The number of anilines is 3. The second kappa shape index (κ2) is 6.53. The summed E-state index contributed by atoms with van der Waals surface area (Å²) >= 11 is 18.4. The van der Waals surface area contributed by atoms with Crippen molar-refractivity contribution >= 4 is 52.1 Å². The van der Waals surface area contributed by atoms with Gasteiger partial charge in [0.25, 0.3) is 0 Å². The Morgan fingerprint density at radius 2 is 1.75 bits per heavy atom. The van der Waals surface area contributed by atoms with Gasteiger partial charge in [0, 0.05) is 17.3 Å². The minimum absolute atomic E-state index is 0.455. The van der Waals surface area contributed by atoms with E-state index in [0.717, 1.165) is 17.8 Å². The lowest BCUT2D eigenvalue weighted by Crippen LogP contribution is -2.03. The largest absolute Gasteiger partial charge is 0.369 e. The lowest BCUT2D eigenvalue weighted by atomic mass is 10.2. The van der Waals surface area contributed by atoms with Gasteiger partial charge in [-0.3, -0.25) is 0 Å². The second-order valence-corrected chi connectivity index (χ2v) is 5.44. The van der Waals surface area contributed by atoms with Crippen molar-refractivity contribution in [2.24, 2.45) is 0 Å². The van der Waals surface area contributed by atoms with Crippen LogP contribution >= 0.6 is 34.8 Å². The van der Waals surface area contributed by atoms with Gasteiger partial charge >= 0.3 is 0 Å². The molecule has 0 bridgehead atoms. The molecule has 0 fully saturated rings. The fourth-order valence-electron chi connectivity index (χ4n) is 1.72. The van der Waals surface area contributed by atoms with Gasteiger partial charge < -0.3 is 10.6 Å². The molecule has 1 aromatic heterocycles. The summed E-state index contributed by atoms with van der Waals surface area (Å²) in [5.74, 6) is 1.14. The van der Waals surface area contributed by atoms with Gasteiger partial charge in [-0.05, 0) is 37.6 Å². The lowest BCUT2D eigenvalue weighted by Gasteiger charge is -2.13. The van der Waals surface area contributed by atoms with E-state index < -0.39 is 0 Å². The zero-order valence-electron chi connectivity index (χ0n) is 11.1. The molecule has 1 heterocycles. The Morgan fingerprint density at radius 1 is 1.05 bits per heavy atom. The van der Waals surface area contributed by atoms with Gasteiger partial charge in [0.2, 0.25) is 0 Å². The third-order valence-corrected chi connectivity index (χ3v) is 3.78. The number of aromatic nitrogens is 1. The first kappa shape index (κ1) is 15.2. The molecule has 3 nitrogen and oxygen atoms in total. The summed E-state index contributed by atoms with van der Waals surface area (Å²) < 4.78 is 0. The SMILES string of the molecule is CCNc1nc(Nc2cccc(Cl)c2C)c(Cl)cc1Cl. The molecule has 0 aliphatic carbocycles. The van der Waals surface area contributed by atoms with Crippen molar-refractivity contribution in [1.29, 1.82) is 0 Å².